The van der Waals surface area contributed by atoms with Crippen molar-refractivity contribution in [1.82, 2.24) is 19.9 Å². The molecular weight excluding hydrogens is 264 g/mol. The van der Waals surface area contributed by atoms with Gasteiger partial charge in [-0.2, -0.15) is 5.26 Å². The predicted octanol–water partition coefficient (Wildman–Crippen LogP) is 2.61. The maximum absolute atomic E-state index is 9.32. The van der Waals surface area contributed by atoms with E-state index in [4.69, 9.17) is 0 Å². The van der Waals surface area contributed by atoms with Crippen LogP contribution in [0.1, 0.15) is 5.56 Å². The summed E-state index contributed by atoms with van der Waals surface area (Å²) in [5.74, 6) is 1.26. The highest BCUT2D eigenvalue weighted by molar-refractivity contribution is 5.75. The molecule has 0 aliphatic carbocycles. The van der Waals surface area contributed by atoms with E-state index in [9.17, 15) is 5.26 Å². The van der Waals surface area contributed by atoms with E-state index >= 15 is 0 Å². The maximum Gasteiger partial charge on any atom is 0.142 e. The first-order chi connectivity index (χ1) is 10.4. The number of nitriles is 1. The summed E-state index contributed by atoms with van der Waals surface area (Å²) in [6.07, 6.45) is 6.20. The lowest BCUT2D eigenvalue weighted by Crippen LogP contribution is -2.14. The molecule has 0 unspecified atom stereocenters. The molecule has 3 rings (SSSR count). The van der Waals surface area contributed by atoms with Crippen LogP contribution in [0.25, 0.3) is 0 Å². The highest BCUT2D eigenvalue weighted by Gasteiger charge is 2.17. The molecule has 2 aromatic heterocycles. The third-order valence-electron chi connectivity index (χ3n) is 2.86. The van der Waals surface area contributed by atoms with Crippen LogP contribution in [0.5, 0.6) is 0 Å². The molecule has 0 radical (unpaired) electrons. The summed E-state index contributed by atoms with van der Waals surface area (Å²) in [7, 11) is 0. The second-order valence-corrected chi connectivity index (χ2v) is 4.10. The zero-order valence-electron chi connectivity index (χ0n) is 11.0. The van der Waals surface area contributed by atoms with Crippen LogP contribution in [0, 0.1) is 11.3 Å². The van der Waals surface area contributed by atoms with Crippen molar-refractivity contribution in [3.63, 3.8) is 0 Å². The Hall–Kier alpha value is -3.33. The van der Waals surface area contributed by atoms with Crippen molar-refractivity contribution in [1.29, 1.82) is 5.26 Å². The molecule has 0 atom stereocenters. The summed E-state index contributed by atoms with van der Waals surface area (Å²) in [6, 6.07) is 13.0. The lowest BCUT2D eigenvalue weighted by molar-refractivity contribution is 1.06. The van der Waals surface area contributed by atoms with Gasteiger partial charge in [-0.25, -0.2) is 19.9 Å². The fourth-order valence-corrected chi connectivity index (χ4v) is 1.96. The Bertz CT molecular complexity index is 727. The van der Waals surface area contributed by atoms with Gasteiger partial charge in [-0.3, -0.25) is 4.90 Å². The predicted molar refractivity (Wildman–Crippen MR) is 77.0 cm³/mol. The van der Waals surface area contributed by atoms with Crippen LogP contribution in [0.3, 0.4) is 0 Å². The number of hydrogen-bond acceptors (Lipinski definition) is 6. The Morgan fingerprint density at radius 1 is 0.857 bits per heavy atom. The van der Waals surface area contributed by atoms with Gasteiger partial charge in [-0.15, -0.1) is 0 Å². The highest BCUT2D eigenvalue weighted by atomic mass is 15.2. The zero-order chi connectivity index (χ0) is 14.5. The minimum absolute atomic E-state index is 0.537. The molecule has 0 spiro atoms. The molecule has 3 aromatic rings. The van der Waals surface area contributed by atoms with E-state index in [0.29, 0.717) is 22.9 Å². The first-order valence-corrected chi connectivity index (χ1v) is 6.21. The molecule has 0 aliphatic heterocycles. The van der Waals surface area contributed by atoms with Gasteiger partial charge in [0.15, 0.2) is 0 Å². The van der Waals surface area contributed by atoms with Gasteiger partial charge in [0.05, 0.1) is 11.3 Å². The summed E-state index contributed by atoms with van der Waals surface area (Å²) in [6.45, 7) is 0. The van der Waals surface area contributed by atoms with Crippen molar-refractivity contribution in [2.24, 2.45) is 0 Å². The quantitative estimate of drug-likeness (QED) is 0.730. The number of hydrogen-bond donors (Lipinski definition) is 0. The molecule has 6 nitrogen and oxygen atoms in total. The van der Waals surface area contributed by atoms with E-state index in [2.05, 4.69) is 26.0 Å². The van der Waals surface area contributed by atoms with E-state index in [-0.39, 0.29) is 0 Å². The third-order valence-corrected chi connectivity index (χ3v) is 2.86. The molecule has 100 valence electrons. The van der Waals surface area contributed by atoms with Crippen LogP contribution in [0.15, 0.2) is 61.4 Å². The van der Waals surface area contributed by atoms with Crippen LogP contribution in [-0.2, 0) is 0 Å². The summed E-state index contributed by atoms with van der Waals surface area (Å²) in [5, 5.41) is 9.32. The number of para-hydroxylation sites is 1. The smallest absolute Gasteiger partial charge is 0.142 e. The topological polar surface area (TPSA) is 78.6 Å². The van der Waals surface area contributed by atoms with Crippen LogP contribution in [0.4, 0.5) is 17.3 Å². The average Bonchev–Trinajstić information content (AvgIpc) is 2.58. The van der Waals surface area contributed by atoms with Crippen molar-refractivity contribution in [3.05, 3.63) is 67.0 Å². The second-order valence-electron chi connectivity index (χ2n) is 4.10. The number of anilines is 3. The van der Waals surface area contributed by atoms with Crippen molar-refractivity contribution in [2.75, 3.05) is 4.90 Å². The summed E-state index contributed by atoms with van der Waals surface area (Å²) in [5.41, 5.74) is 1.24. The lowest BCUT2D eigenvalue weighted by atomic mass is 10.1. The van der Waals surface area contributed by atoms with Gasteiger partial charge < -0.3 is 0 Å². The fraction of sp³-hybridized carbons (Fsp3) is 0. The normalized spacial score (nSPS) is 9.86. The monoisotopic (exact) mass is 274 g/mol. The van der Waals surface area contributed by atoms with Gasteiger partial charge in [-0.1, -0.05) is 12.1 Å². The van der Waals surface area contributed by atoms with Gasteiger partial charge in [-0.05, 0) is 24.3 Å². The van der Waals surface area contributed by atoms with E-state index in [0.717, 1.165) is 0 Å². The third kappa shape index (κ3) is 2.53. The molecule has 0 saturated heterocycles. The van der Waals surface area contributed by atoms with Crippen LogP contribution in [0.2, 0.25) is 0 Å². The van der Waals surface area contributed by atoms with E-state index in [1.807, 2.05) is 18.2 Å². The van der Waals surface area contributed by atoms with Gasteiger partial charge in [0.2, 0.25) is 0 Å². The summed E-state index contributed by atoms with van der Waals surface area (Å²) < 4.78 is 0. The summed E-state index contributed by atoms with van der Waals surface area (Å²) in [4.78, 5) is 18.1. The minimum Gasteiger partial charge on any atom is -0.277 e. The Morgan fingerprint density at radius 3 is 2.00 bits per heavy atom. The average molecular weight is 274 g/mol. The lowest BCUT2D eigenvalue weighted by Gasteiger charge is -2.23. The van der Waals surface area contributed by atoms with E-state index in [1.54, 1.807) is 35.5 Å². The first kappa shape index (κ1) is 12.7. The molecule has 0 saturated carbocycles. The van der Waals surface area contributed by atoms with Crippen molar-refractivity contribution >= 4 is 17.3 Å². The zero-order valence-corrected chi connectivity index (χ0v) is 11.0. The van der Waals surface area contributed by atoms with Gasteiger partial charge in [0.1, 0.15) is 30.4 Å². The highest BCUT2D eigenvalue weighted by Crippen LogP contribution is 2.32. The van der Waals surface area contributed by atoms with Crippen molar-refractivity contribution in [2.45, 2.75) is 0 Å². The van der Waals surface area contributed by atoms with E-state index < -0.39 is 0 Å². The molecule has 0 fully saturated rings. The number of nitrogens with zero attached hydrogens (tertiary/aromatic N) is 6. The molecule has 0 N–H and O–H groups in total. The van der Waals surface area contributed by atoms with Crippen LogP contribution >= 0.6 is 0 Å². The molecule has 21 heavy (non-hydrogen) atoms. The molecule has 0 aliphatic rings. The van der Waals surface area contributed by atoms with Crippen molar-refractivity contribution in [3.8, 4) is 6.07 Å². The first-order valence-electron chi connectivity index (χ1n) is 6.21. The molecule has 0 bridgehead atoms. The number of aromatic nitrogens is 4. The molecule has 0 amide bonds. The molecule has 1 aromatic carbocycles. The van der Waals surface area contributed by atoms with Crippen LogP contribution < -0.4 is 4.90 Å². The van der Waals surface area contributed by atoms with Crippen molar-refractivity contribution < 1.29 is 0 Å². The second kappa shape index (κ2) is 5.75. The molecular formula is C15H10N6. The van der Waals surface area contributed by atoms with Gasteiger partial charge in [0, 0.05) is 12.4 Å². The minimum atomic E-state index is 0.537. The number of rotatable bonds is 3. The van der Waals surface area contributed by atoms with E-state index in [1.165, 1.54) is 12.7 Å². The Morgan fingerprint density at radius 2 is 1.48 bits per heavy atom. The summed E-state index contributed by atoms with van der Waals surface area (Å²) >= 11 is 0. The fourth-order valence-electron chi connectivity index (χ4n) is 1.96. The maximum atomic E-state index is 9.32. The molecule has 2 heterocycles. The largest absolute Gasteiger partial charge is 0.277 e. The Balaban J connectivity index is 2.21. The van der Waals surface area contributed by atoms with Gasteiger partial charge >= 0.3 is 0 Å². The van der Waals surface area contributed by atoms with Crippen LogP contribution in [-0.4, -0.2) is 19.9 Å². The Labute approximate surface area is 121 Å². The SMILES string of the molecule is N#Cc1ccccc1N(c1ccncn1)c1ccncn1. The Kier molecular flexibility index (Phi) is 3.48. The standard InChI is InChI=1S/C15H10N6/c16-9-12-3-1-2-4-13(12)21(14-5-7-17-10-19-14)15-6-8-18-11-20-15/h1-8,10-11H. The molecule has 6 heteroatoms. The van der Waals surface area contributed by atoms with Gasteiger partial charge in [0.25, 0.3) is 0 Å². The number of benzene rings is 1.